The molecule has 1 saturated heterocycles. The fourth-order valence-corrected chi connectivity index (χ4v) is 3.39. The van der Waals surface area contributed by atoms with Crippen molar-refractivity contribution in [2.24, 2.45) is 10.9 Å². The minimum Gasteiger partial charge on any atom is -0.470 e. The number of carbonyl (C=O) groups excluding carboxylic acids is 3. The summed E-state index contributed by atoms with van der Waals surface area (Å²) in [6.07, 6.45) is 8.56. The first-order valence-electron chi connectivity index (χ1n) is 8.70. The lowest BCUT2D eigenvalue weighted by Gasteiger charge is -2.27. The van der Waals surface area contributed by atoms with Crippen LogP contribution in [0.4, 0.5) is 0 Å². The number of halogens is 1. The van der Waals surface area contributed by atoms with Crippen molar-refractivity contribution in [1.82, 2.24) is 10.6 Å². The molecular formula is C20H16ClN3O4. The number of aliphatic imine (C=N–C) groups is 1. The number of fused-ring (bicyclic) bond motifs is 1. The largest absolute Gasteiger partial charge is 0.470 e. The fourth-order valence-electron chi connectivity index (χ4n) is 3.14. The highest BCUT2D eigenvalue weighted by Crippen LogP contribution is 2.25. The molecule has 2 heterocycles. The highest BCUT2D eigenvalue weighted by atomic mass is 35.5. The summed E-state index contributed by atoms with van der Waals surface area (Å²) in [5.41, 5.74) is 1.75. The summed E-state index contributed by atoms with van der Waals surface area (Å²) in [6, 6.07) is 4.99. The Kier molecular flexibility index (Phi) is 4.83. The number of hydrogen-bond donors (Lipinski definition) is 2. The van der Waals surface area contributed by atoms with E-state index in [1.165, 1.54) is 6.08 Å². The van der Waals surface area contributed by atoms with E-state index >= 15 is 0 Å². The Morgan fingerprint density at radius 1 is 1.29 bits per heavy atom. The predicted molar refractivity (Wildman–Crippen MR) is 103 cm³/mol. The quantitative estimate of drug-likeness (QED) is 0.741. The average molecular weight is 398 g/mol. The summed E-state index contributed by atoms with van der Waals surface area (Å²) in [5, 5.41) is 5.83. The molecule has 4 rings (SSSR count). The second-order valence-electron chi connectivity index (χ2n) is 6.59. The first kappa shape index (κ1) is 18.2. The van der Waals surface area contributed by atoms with Gasteiger partial charge in [-0.15, -0.1) is 0 Å². The van der Waals surface area contributed by atoms with Gasteiger partial charge in [-0.2, -0.15) is 0 Å². The zero-order valence-electron chi connectivity index (χ0n) is 14.6. The molecule has 28 heavy (non-hydrogen) atoms. The summed E-state index contributed by atoms with van der Waals surface area (Å²) >= 11 is 6.12. The maximum atomic E-state index is 12.5. The number of hydrogen-bond acceptors (Lipinski definition) is 4. The molecule has 2 unspecified atom stereocenters. The van der Waals surface area contributed by atoms with E-state index in [2.05, 4.69) is 15.6 Å². The van der Waals surface area contributed by atoms with Crippen LogP contribution in [0.25, 0.3) is 0 Å². The lowest BCUT2D eigenvalue weighted by atomic mass is 9.92. The molecule has 3 amide bonds. The van der Waals surface area contributed by atoms with Crippen LogP contribution >= 0.6 is 11.6 Å². The van der Waals surface area contributed by atoms with Crippen molar-refractivity contribution in [3.8, 4) is 5.75 Å². The number of rotatable bonds is 5. The molecule has 2 aliphatic heterocycles. The number of allylic oxidation sites excluding steroid dienone is 4. The summed E-state index contributed by atoms with van der Waals surface area (Å²) in [7, 11) is 0. The SMILES string of the molecule is O=C1C=C(NC(=O)Cc2cc(Cl)cc(OC3CC(=O)N3)c2)C2C=CC=CC2=N1. The fraction of sp³-hybridized carbons (Fsp3) is 0.200. The Morgan fingerprint density at radius 3 is 2.89 bits per heavy atom. The summed E-state index contributed by atoms with van der Waals surface area (Å²) < 4.78 is 5.62. The average Bonchev–Trinajstić information content (AvgIpc) is 2.59. The minimum atomic E-state index is -0.400. The van der Waals surface area contributed by atoms with Gasteiger partial charge in [0, 0.05) is 16.8 Å². The Balaban J connectivity index is 1.43. The van der Waals surface area contributed by atoms with Gasteiger partial charge in [-0.05, 0) is 29.8 Å². The van der Waals surface area contributed by atoms with Gasteiger partial charge in [-0.25, -0.2) is 4.99 Å². The van der Waals surface area contributed by atoms with E-state index in [0.29, 0.717) is 27.7 Å². The van der Waals surface area contributed by atoms with Crippen LogP contribution < -0.4 is 15.4 Å². The normalized spacial score (nSPS) is 22.5. The number of carbonyl (C=O) groups is 3. The minimum absolute atomic E-state index is 0.0538. The molecule has 0 bridgehead atoms. The third kappa shape index (κ3) is 4.04. The molecule has 1 aliphatic carbocycles. The van der Waals surface area contributed by atoms with Crippen LogP contribution in [0.5, 0.6) is 5.75 Å². The van der Waals surface area contributed by atoms with Crippen LogP contribution in [0.15, 0.2) is 59.3 Å². The van der Waals surface area contributed by atoms with Gasteiger partial charge in [0.15, 0.2) is 6.23 Å². The van der Waals surface area contributed by atoms with Gasteiger partial charge in [-0.3, -0.25) is 14.4 Å². The first-order valence-corrected chi connectivity index (χ1v) is 9.08. The number of β-lactam (4-membered cyclic amide) rings is 1. The standard InChI is InChI=1S/C20H16ClN3O4/c21-12-5-11(6-13(8-12)28-20-10-19(27)24-20)7-17(25)23-16-9-18(26)22-15-4-2-1-3-14(15)16/h1-6,8-9,14,20H,7,10H2,(H,23,25)(H,24,27). The van der Waals surface area contributed by atoms with Crippen molar-refractivity contribution < 1.29 is 19.1 Å². The van der Waals surface area contributed by atoms with E-state index in [1.807, 2.05) is 12.2 Å². The number of dihydropyridines is 1. The van der Waals surface area contributed by atoms with Crippen LogP contribution in [0.1, 0.15) is 12.0 Å². The third-order valence-electron chi connectivity index (χ3n) is 4.40. The predicted octanol–water partition coefficient (Wildman–Crippen LogP) is 1.83. The number of benzene rings is 1. The van der Waals surface area contributed by atoms with Crippen molar-refractivity contribution in [2.45, 2.75) is 19.1 Å². The molecule has 0 saturated carbocycles. The van der Waals surface area contributed by atoms with Gasteiger partial charge in [0.05, 0.1) is 24.5 Å². The van der Waals surface area contributed by atoms with Crippen molar-refractivity contribution in [2.75, 3.05) is 0 Å². The smallest absolute Gasteiger partial charge is 0.271 e. The number of ether oxygens (including phenoxy) is 1. The number of nitrogens with one attached hydrogen (secondary N) is 2. The van der Waals surface area contributed by atoms with E-state index in [1.54, 1.807) is 30.4 Å². The molecule has 8 heteroatoms. The van der Waals surface area contributed by atoms with Gasteiger partial charge < -0.3 is 15.4 Å². The molecule has 2 atom stereocenters. The zero-order chi connectivity index (χ0) is 19.7. The lowest BCUT2D eigenvalue weighted by Crippen LogP contribution is -2.51. The third-order valence-corrected chi connectivity index (χ3v) is 4.62. The molecule has 0 radical (unpaired) electrons. The van der Waals surface area contributed by atoms with Crippen molar-refractivity contribution in [1.29, 1.82) is 0 Å². The van der Waals surface area contributed by atoms with Crippen molar-refractivity contribution in [3.05, 3.63) is 64.9 Å². The second kappa shape index (κ2) is 7.44. The maximum Gasteiger partial charge on any atom is 0.271 e. The zero-order valence-corrected chi connectivity index (χ0v) is 15.4. The molecule has 0 spiro atoms. The molecule has 1 fully saturated rings. The van der Waals surface area contributed by atoms with E-state index in [-0.39, 0.29) is 36.8 Å². The van der Waals surface area contributed by atoms with Gasteiger partial charge in [-0.1, -0.05) is 29.8 Å². The highest BCUT2D eigenvalue weighted by Gasteiger charge is 2.27. The molecule has 142 valence electrons. The molecular weight excluding hydrogens is 382 g/mol. The van der Waals surface area contributed by atoms with Crippen LogP contribution in [0.3, 0.4) is 0 Å². The topological polar surface area (TPSA) is 96.9 Å². The molecule has 3 aliphatic rings. The van der Waals surface area contributed by atoms with Gasteiger partial charge in [0.2, 0.25) is 11.8 Å². The van der Waals surface area contributed by atoms with Crippen LogP contribution in [-0.4, -0.2) is 29.7 Å². The maximum absolute atomic E-state index is 12.5. The summed E-state index contributed by atoms with van der Waals surface area (Å²) in [6.45, 7) is 0. The Labute approximate surface area is 165 Å². The number of amides is 3. The first-order chi connectivity index (χ1) is 13.5. The number of nitrogens with zero attached hydrogens (tertiary/aromatic N) is 1. The van der Waals surface area contributed by atoms with Gasteiger partial charge >= 0.3 is 0 Å². The molecule has 1 aromatic carbocycles. The molecule has 0 aromatic heterocycles. The van der Waals surface area contributed by atoms with E-state index in [0.717, 1.165) is 0 Å². The van der Waals surface area contributed by atoms with E-state index in [4.69, 9.17) is 16.3 Å². The summed E-state index contributed by atoms with van der Waals surface area (Å²) in [4.78, 5) is 39.2. The second-order valence-corrected chi connectivity index (χ2v) is 7.03. The Bertz CT molecular complexity index is 985. The Morgan fingerprint density at radius 2 is 2.11 bits per heavy atom. The van der Waals surface area contributed by atoms with E-state index < -0.39 is 5.91 Å². The molecule has 7 nitrogen and oxygen atoms in total. The summed E-state index contributed by atoms with van der Waals surface area (Å²) in [5.74, 6) is -0.526. The van der Waals surface area contributed by atoms with Gasteiger partial charge in [0.1, 0.15) is 5.75 Å². The molecule has 2 N–H and O–H groups in total. The Hall–Kier alpha value is -3.19. The van der Waals surface area contributed by atoms with E-state index in [9.17, 15) is 14.4 Å². The van der Waals surface area contributed by atoms with Crippen LogP contribution in [-0.2, 0) is 20.8 Å². The van der Waals surface area contributed by atoms with Crippen LogP contribution in [0.2, 0.25) is 5.02 Å². The monoisotopic (exact) mass is 397 g/mol. The van der Waals surface area contributed by atoms with Crippen LogP contribution in [0, 0.1) is 5.92 Å². The lowest BCUT2D eigenvalue weighted by molar-refractivity contribution is -0.134. The highest BCUT2D eigenvalue weighted by molar-refractivity contribution is 6.30. The van der Waals surface area contributed by atoms with Crippen molar-refractivity contribution in [3.63, 3.8) is 0 Å². The van der Waals surface area contributed by atoms with Gasteiger partial charge in [0.25, 0.3) is 5.91 Å². The molecule has 1 aromatic rings. The van der Waals surface area contributed by atoms with Crippen molar-refractivity contribution >= 4 is 35.0 Å².